The Kier molecular flexibility index (Phi) is 19.5. The highest BCUT2D eigenvalue weighted by molar-refractivity contribution is 5.54. The Hall–Kier alpha value is -1.82. The van der Waals surface area contributed by atoms with Gasteiger partial charge in [0.05, 0.1) is 0 Å². The summed E-state index contributed by atoms with van der Waals surface area (Å²) in [5.41, 5.74) is 11.2. The topological polar surface area (TPSA) is 0 Å². The molecule has 0 rings (SSSR count). The van der Waals surface area contributed by atoms with Crippen molar-refractivity contribution < 1.29 is 0 Å². The monoisotopic (exact) mass is 494 g/mol. The van der Waals surface area contributed by atoms with E-state index in [1.165, 1.54) is 70.3 Å². The van der Waals surface area contributed by atoms with E-state index in [4.69, 9.17) is 0 Å². The quantitative estimate of drug-likeness (QED) is 0.223. The van der Waals surface area contributed by atoms with Crippen molar-refractivity contribution in [1.82, 2.24) is 0 Å². The molecular formula is C36H62. The maximum atomic E-state index is 4.17. The summed E-state index contributed by atoms with van der Waals surface area (Å²) in [4.78, 5) is 0. The van der Waals surface area contributed by atoms with E-state index in [1.807, 2.05) is 13.8 Å². The molecule has 0 amide bonds. The molecule has 0 saturated carbocycles. The molecule has 0 heterocycles. The largest absolute Gasteiger partial charge is 0.0988 e. The highest BCUT2D eigenvalue weighted by atomic mass is 14.2. The van der Waals surface area contributed by atoms with Crippen molar-refractivity contribution in [2.45, 2.75) is 135 Å². The van der Waals surface area contributed by atoms with Crippen LogP contribution in [0.15, 0.2) is 81.5 Å². The zero-order chi connectivity index (χ0) is 28.5. The van der Waals surface area contributed by atoms with Crippen LogP contribution in [0.2, 0.25) is 0 Å². The molecule has 36 heavy (non-hydrogen) atoms. The summed E-state index contributed by atoms with van der Waals surface area (Å²) in [6, 6.07) is 0. The van der Waals surface area contributed by atoms with Gasteiger partial charge in [-0.15, -0.1) is 0 Å². The third kappa shape index (κ3) is 14.1. The van der Waals surface area contributed by atoms with E-state index in [0.717, 1.165) is 12.8 Å². The summed E-state index contributed by atoms with van der Waals surface area (Å²) in [6.45, 7) is 35.5. The van der Waals surface area contributed by atoms with E-state index in [9.17, 15) is 0 Å². The Bertz CT molecular complexity index is 831. The molecule has 0 spiro atoms. The Morgan fingerprint density at radius 1 is 0.806 bits per heavy atom. The molecule has 0 nitrogen and oxygen atoms in total. The van der Waals surface area contributed by atoms with Gasteiger partial charge in [-0.3, -0.25) is 0 Å². The Morgan fingerprint density at radius 2 is 1.33 bits per heavy atom. The SMILES string of the molecule is C=C\C(CCCC)=C(C)/C(=C\C(\C=C\C(C)C)=C(/C)C(CCCC)=C(C)C)/C=C(\C)C(C)(C)C.CC. The first kappa shape index (κ1) is 36.3. The molecule has 0 bridgehead atoms. The second-order valence-corrected chi connectivity index (χ2v) is 11.4. The molecule has 0 fully saturated rings. The van der Waals surface area contributed by atoms with Gasteiger partial charge < -0.3 is 0 Å². The first-order valence-corrected chi connectivity index (χ1v) is 14.6. The molecule has 0 unspecified atom stereocenters. The average Bonchev–Trinajstić information content (AvgIpc) is 2.81. The van der Waals surface area contributed by atoms with E-state index >= 15 is 0 Å². The minimum atomic E-state index is 0.135. The fourth-order valence-corrected chi connectivity index (χ4v) is 3.79. The summed E-state index contributed by atoms with van der Waals surface area (Å²) < 4.78 is 0. The number of unbranched alkanes of at least 4 members (excludes halogenated alkanes) is 2. The molecule has 0 radical (unpaired) electrons. The van der Waals surface area contributed by atoms with Gasteiger partial charge in [0.1, 0.15) is 0 Å². The molecule has 0 aliphatic carbocycles. The van der Waals surface area contributed by atoms with Crippen molar-refractivity contribution in [3.8, 4) is 0 Å². The van der Waals surface area contributed by atoms with Crippen LogP contribution in [0.3, 0.4) is 0 Å². The molecule has 0 atom stereocenters. The van der Waals surface area contributed by atoms with Crippen LogP contribution in [0.5, 0.6) is 0 Å². The average molecular weight is 495 g/mol. The van der Waals surface area contributed by atoms with Crippen LogP contribution in [0.1, 0.15) is 135 Å². The fourth-order valence-electron chi connectivity index (χ4n) is 3.79. The predicted octanol–water partition coefficient (Wildman–Crippen LogP) is 12.7. The summed E-state index contributed by atoms with van der Waals surface area (Å²) in [7, 11) is 0. The van der Waals surface area contributed by atoms with Crippen LogP contribution in [-0.4, -0.2) is 0 Å². The molecule has 0 heteroatoms. The third-order valence-electron chi connectivity index (χ3n) is 6.76. The molecule has 0 aromatic carbocycles. The van der Waals surface area contributed by atoms with E-state index in [2.05, 4.69) is 120 Å². The summed E-state index contributed by atoms with van der Waals surface area (Å²) in [5.74, 6) is 0.516. The fraction of sp³-hybridized carbons (Fsp3) is 0.611. The Labute approximate surface area is 228 Å². The second-order valence-electron chi connectivity index (χ2n) is 11.4. The van der Waals surface area contributed by atoms with Crippen LogP contribution in [0.25, 0.3) is 0 Å². The van der Waals surface area contributed by atoms with Gasteiger partial charge in [0.2, 0.25) is 0 Å². The number of hydrogen-bond acceptors (Lipinski definition) is 0. The van der Waals surface area contributed by atoms with Gasteiger partial charge in [0.25, 0.3) is 0 Å². The first-order chi connectivity index (χ1) is 16.8. The first-order valence-electron chi connectivity index (χ1n) is 14.6. The van der Waals surface area contributed by atoms with Gasteiger partial charge in [-0.1, -0.05) is 117 Å². The summed E-state index contributed by atoms with van der Waals surface area (Å²) in [5, 5.41) is 0. The molecule has 0 N–H and O–H groups in total. The lowest BCUT2D eigenvalue weighted by atomic mass is 9.84. The molecule has 206 valence electrons. The van der Waals surface area contributed by atoms with Crippen LogP contribution in [0, 0.1) is 11.3 Å². The van der Waals surface area contributed by atoms with E-state index in [0.29, 0.717) is 5.92 Å². The standard InChI is InChI=1S/C34H56.C2H6/c1-14-17-19-30(16-3)28(9)32(23-27(8)34(11,12)13)24-31(22-21-25(4)5)29(10)33(26(6)7)20-18-15-2;1-2/h16,21-25H,3,14-15,17-20H2,1-2,4-13H3;1-2H3/b22-21+,27-23+,30-28+,31-29+,32-24-;. The van der Waals surface area contributed by atoms with Crippen LogP contribution in [0.4, 0.5) is 0 Å². The van der Waals surface area contributed by atoms with Gasteiger partial charge in [-0.25, -0.2) is 0 Å². The van der Waals surface area contributed by atoms with Gasteiger partial charge in [0, 0.05) is 0 Å². The molecule has 0 aliphatic rings. The van der Waals surface area contributed by atoms with E-state index in [-0.39, 0.29) is 5.41 Å². The van der Waals surface area contributed by atoms with E-state index in [1.54, 1.807) is 0 Å². The predicted molar refractivity (Wildman–Crippen MR) is 170 cm³/mol. The minimum absolute atomic E-state index is 0.135. The normalized spacial score (nSPS) is 14.3. The van der Waals surface area contributed by atoms with Crippen molar-refractivity contribution in [2.75, 3.05) is 0 Å². The minimum Gasteiger partial charge on any atom is -0.0988 e. The zero-order valence-electron chi connectivity index (χ0n) is 26.9. The highest BCUT2D eigenvalue weighted by Gasteiger charge is 2.15. The lowest BCUT2D eigenvalue weighted by Gasteiger charge is -2.21. The molecule has 0 saturated heterocycles. The second kappa shape index (κ2) is 19.3. The molecule has 0 aromatic heterocycles. The molecular weight excluding hydrogens is 432 g/mol. The lowest BCUT2D eigenvalue weighted by molar-refractivity contribution is 0.503. The van der Waals surface area contributed by atoms with Crippen LogP contribution >= 0.6 is 0 Å². The van der Waals surface area contributed by atoms with Gasteiger partial charge >= 0.3 is 0 Å². The number of allylic oxidation sites excluding steroid dienone is 13. The van der Waals surface area contributed by atoms with Gasteiger partial charge in [-0.2, -0.15) is 0 Å². The van der Waals surface area contributed by atoms with Crippen LogP contribution < -0.4 is 0 Å². The maximum absolute atomic E-state index is 4.17. The third-order valence-corrected chi connectivity index (χ3v) is 6.76. The summed E-state index contributed by atoms with van der Waals surface area (Å²) in [6.07, 6.45) is 18.7. The smallest absolute Gasteiger partial charge is 0.0172 e. The Morgan fingerprint density at radius 3 is 1.75 bits per heavy atom. The van der Waals surface area contributed by atoms with Crippen molar-refractivity contribution >= 4 is 0 Å². The zero-order valence-corrected chi connectivity index (χ0v) is 26.9. The Balaban J connectivity index is 0. The van der Waals surface area contributed by atoms with Crippen molar-refractivity contribution in [3.05, 3.63) is 81.5 Å². The lowest BCUT2D eigenvalue weighted by Crippen LogP contribution is -2.07. The van der Waals surface area contributed by atoms with E-state index < -0.39 is 0 Å². The number of rotatable bonds is 13. The van der Waals surface area contributed by atoms with Crippen LogP contribution in [-0.2, 0) is 0 Å². The highest BCUT2D eigenvalue weighted by Crippen LogP contribution is 2.32. The summed E-state index contributed by atoms with van der Waals surface area (Å²) >= 11 is 0. The van der Waals surface area contributed by atoms with Crippen molar-refractivity contribution in [3.63, 3.8) is 0 Å². The number of hydrogen-bond donors (Lipinski definition) is 0. The van der Waals surface area contributed by atoms with Gasteiger partial charge in [0.15, 0.2) is 0 Å². The van der Waals surface area contributed by atoms with Crippen molar-refractivity contribution in [1.29, 1.82) is 0 Å². The maximum Gasteiger partial charge on any atom is -0.0172 e. The molecule has 0 aliphatic heterocycles. The van der Waals surface area contributed by atoms with Crippen molar-refractivity contribution in [2.24, 2.45) is 11.3 Å². The molecule has 0 aromatic rings. The van der Waals surface area contributed by atoms with Gasteiger partial charge in [-0.05, 0) is 111 Å².